The predicted octanol–water partition coefficient (Wildman–Crippen LogP) is 3.13. The summed E-state index contributed by atoms with van der Waals surface area (Å²) in [4.78, 5) is 11.6. The third-order valence-electron chi connectivity index (χ3n) is 2.72. The molecule has 1 rings (SSSR count). The summed E-state index contributed by atoms with van der Waals surface area (Å²) in [6.45, 7) is 0.922. The minimum absolute atomic E-state index is 0.0132. The van der Waals surface area contributed by atoms with Crippen molar-refractivity contribution in [3.63, 3.8) is 0 Å². The molecule has 7 heteroatoms. The van der Waals surface area contributed by atoms with Gasteiger partial charge in [0.1, 0.15) is 11.2 Å². The van der Waals surface area contributed by atoms with Gasteiger partial charge in [-0.1, -0.05) is 12.1 Å². The van der Waals surface area contributed by atoms with Crippen molar-refractivity contribution in [2.24, 2.45) is 5.41 Å². The molecule has 0 saturated carbocycles. The van der Waals surface area contributed by atoms with Gasteiger partial charge in [-0.15, -0.1) is 0 Å². The molecule has 1 amide bonds. The Bertz CT molecular complexity index is 454. The van der Waals surface area contributed by atoms with Gasteiger partial charge in [-0.3, -0.25) is 10.0 Å². The first-order valence-corrected chi connectivity index (χ1v) is 5.37. The van der Waals surface area contributed by atoms with Crippen LogP contribution in [0, 0.1) is 11.2 Å². The summed E-state index contributed by atoms with van der Waals surface area (Å²) < 4.78 is 50.5. The van der Waals surface area contributed by atoms with Crippen molar-refractivity contribution < 1.29 is 27.6 Å². The topological polar surface area (TPSA) is 40.5 Å². The number of rotatable bonds is 3. The van der Waals surface area contributed by atoms with Crippen LogP contribution in [0.15, 0.2) is 24.3 Å². The molecule has 0 aromatic heterocycles. The maximum absolute atomic E-state index is 12.6. The summed E-state index contributed by atoms with van der Waals surface area (Å²) in [5.41, 5.74) is -2.38. The Balaban J connectivity index is 2.81. The lowest BCUT2D eigenvalue weighted by atomic mass is 9.91. The van der Waals surface area contributed by atoms with Crippen LogP contribution in [0.3, 0.4) is 0 Å². The van der Waals surface area contributed by atoms with Gasteiger partial charge in [-0.25, -0.2) is 9.45 Å². The van der Waals surface area contributed by atoms with Crippen LogP contribution in [0.5, 0.6) is 0 Å². The summed E-state index contributed by atoms with van der Waals surface area (Å²) in [7, 11) is 0. The highest BCUT2D eigenvalue weighted by Gasteiger charge is 2.54. The molecule has 1 aromatic rings. The Morgan fingerprint density at radius 1 is 1.21 bits per heavy atom. The smallest absolute Gasteiger partial charge is 0.286 e. The molecule has 0 spiro atoms. The van der Waals surface area contributed by atoms with Gasteiger partial charge in [-0.05, 0) is 31.5 Å². The summed E-state index contributed by atoms with van der Waals surface area (Å²) >= 11 is 0. The lowest BCUT2D eigenvalue weighted by Gasteiger charge is -2.29. The van der Waals surface area contributed by atoms with E-state index in [-0.39, 0.29) is 5.06 Å². The second kappa shape index (κ2) is 5.16. The average Bonchev–Trinajstić information content (AvgIpc) is 2.29. The largest absolute Gasteiger partial charge is 0.402 e. The summed E-state index contributed by atoms with van der Waals surface area (Å²) in [6, 6.07) is 4.71. The minimum Gasteiger partial charge on any atom is -0.286 e. The molecule has 0 aliphatic heterocycles. The second-order valence-corrected chi connectivity index (χ2v) is 4.61. The molecule has 0 bridgehead atoms. The van der Waals surface area contributed by atoms with E-state index in [0.717, 1.165) is 12.1 Å². The van der Waals surface area contributed by atoms with Gasteiger partial charge in [0, 0.05) is 0 Å². The molecule has 106 valence electrons. The van der Waals surface area contributed by atoms with Crippen LogP contribution >= 0.6 is 0 Å². The monoisotopic (exact) mass is 279 g/mol. The first kappa shape index (κ1) is 15.4. The number of alkyl halides is 3. The van der Waals surface area contributed by atoms with E-state index < -0.39 is 29.9 Å². The zero-order chi connectivity index (χ0) is 14.8. The molecular formula is C12H13F4NO2. The average molecular weight is 279 g/mol. The van der Waals surface area contributed by atoms with Gasteiger partial charge in [0.15, 0.2) is 0 Å². The molecule has 0 atom stereocenters. The number of benzene rings is 1. The van der Waals surface area contributed by atoms with Crippen LogP contribution in [0.4, 0.5) is 17.6 Å². The Labute approximate surface area is 107 Å². The normalized spacial score (nSPS) is 12.4. The van der Waals surface area contributed by atoms with Crippen molar-refractivity contribution >= 4 is 5.91 Å². The van der Waals surface area contributed by atoms with E-state index in [9.17, 15) is 27.6 Å². The third kappa shape index (κ3) is 3.44. The maximum atomic E-state index is 12.6. The van der Waals surface area contributed by atoms with Crippen molar-refractivity contribution in [3.8, 4) is 0 Å². The van der Waals surface area contributed by atoms with Crippen molar-refractivity contribution in [1.82, 2.24) is 5.06 Å². The number of amides is 1. The molecule has 1 aromatic carbocycles. The fourth-order valence-corrected chi connectivity index (χ4v) is 1.28. The molecule has 1 N–H and O–H groups in total. The lowest BCUT2D eigenvalue weighted by molar-refractivity contribution is -0.234. The number of carbonyl (C=O) groups is 1. The van der Waals surface area contributed by atoms with Gasteiger partial charge in [0.05, 0.1) is 6.54 Å². The zero-order valence-corrected chi connectivity index (χ0v) is 10.3. The minimum atomic E-state index is -4.77. The van der Waals surface area contributed by atoms with Crippen LogP contribution in [-0.4, -0.2) is 22.4 Å². The molecule has 19 heavy (non-hydrogen) atoms. The Morgan fingerprint density at radius 2 is 1.68 bits per heavy atom. The quantitative estimate of drug-likeness (QED) is 0.524. The molecule has 3 nitrogen and oxygen atoms in total. The summed E-state index contributed by atoms with van der Waals surface area (Å²) in [5.74, 6) is -1.99. The van der Waals surface area contributed by atoms with Gasteiger partial charge in [0.25, 0.3) is 5.91 Å². The SMILES string of the molecule is CC(C)(C(=O)N(O)Cc1ccc(F)cc1)C(F)(F)F. The highest BCUT2D eigenvalue weighted by Crippen LogP contribution is 2.38. The fourth-order valence-electron chi connectivity index (χ4n) is 1.28. The summed E-state index contributed by atoms with van der Waals surface area (Å²) in [6.07, 6.45) is -4.77. The standard InChI is InChI=1S/C12H13F4NO2/c1-11(2,12(14,15)16)10(18)17(19)7-8-3-5-9(13)6-4-8/h3-6,19H,7H2,1-2H3. The third-order valence-corrected chi connectivity index (χ3v) is 2.72. The van der Waals surface area contributed by atoms with Gasteiger partial charge in [0.2, 0.25) is 0 Å². The number of hydrogen-bond donors (Lipinski definition) is 1. The summed E-state index contributed by atoms with van der Waals surface area (Å²) in [5, 5.41) is 9.42. The molecule has 0 fully saturated rings. The number of halogens is 4. The molecular weight excluding hydrogens is 266 g/mol. The predicted molar refractivity (Wildman–Crippen MR) is 58.6 cm³/mol. The van der Waals surface area contributed by atoms with Crippen molar-refractivity contribution in [1.29, 1.82) is 0 Å². The zero-order valence-electron chi connectivity index (χ0n) is 10.3. The molecule has 0 aliphatic carbocycles. The van der Waals surface area contributed by atoms with Crippen molar-refractivity contribution in [2.45, 2.75) is 26.6 Å². The number of hydroxylamine groups is 2. The number of hydrogen-bond acceptors (Lipinski definition) is 2. The van der Waals surface area contributed by atoms with E-state index >= 15 is 0 Å². The molecule has 0 heterocycles. The number of nitrogens with zero attached hydrogens (tertiary/aromatic N) is 1. The lowest BCUT2D eigenvalue weighted by Crippen LogP contribution is -2.47. The number of carbonyl (C=O) groups excluding carboxylic acids is 1. The van der Waals surface area contributed by atoms with E-state index in [1.807, 2.05) is 0 Å². The van der Waals surface area contributed by atoms with Gasteiger partial charge < -0.3 is 0 Å². The van der Waals surface area contributed by atoms with Crippen LogP contribution in [0.1, 0.15) is 19.4 Å². The Hall–Kier alpha value is -1.63. The molecule has 0 radical (unpaired) electrons. The van der Waals surface area contributed by atoms with E-state index in [1.165, 1.54) is 12.1 Å². The molecule has 0 saturated heterocycles. The highest BCUT2D eigenvalue weighted by atomic mass is 19.4. The van der Waals surface area contributed by atoms with Gasteiger partial charge >= 0.3 is 6.18 Å². The first-order chi connectivity index (χ1) is 8.55. The van der Waals surface area contributed by atoms with E-state index in [1.54, 1.807) is 0 Å². The van der Waals surface area contributed by atoms with Crippen LogP contribution < -0.4 is 0 Å². The van der Waals surface area contributed by atoms with Crippen LogP contribution in [-0.2, 0) is 11.3 Å². The van der Waals surface area contributed by atoms with Crippen molar-refractivity contribution in [3.05, 3.63) is 35.6 Å². The van der Waals surface area contributed by atoms with E-state index in [2.05, 4.69) is 0 Å². The molecule has 0 unspecified atom stereocenters. The first-order valence-electron chi connectivity index (χ1n) is 5.37. The Kier molecular flexibility index (Phi) is 4.19. The van der Waals surface area contributed by atoms with E-state index in [0.29, 0.717) is 19.4 Å². The van der Waals surface area contributed by atoms with Gasteiger partial charge in [-0.2, -0.15) is 13.2 Å². The Morgan fingerprint density at radius 3 is 2.11 bits per heavy atom. The maximum Gasteiger partial charge on any atom is 0.402 e. The van der Waals surface area contributed by atoms with Crippen LogP contribution in [0.25, 0.3) is 0 Å². The second-order valence-electron chi connectivity index (χ2n) is 4.61. The fraction of sp³-hybridized carbons (Fsp3) is 0.417. The van der Waals surface area contributed by atoms with Crippen LogP contribution in [0.2, 0.25) is 0 Å². The van der Waals surface area contributed by atoms with E-state index in [4.69, 9.17) is 0 Å². The van der Waals surface area contributed by atoms with Crippen molar-refractivity contribution in [2.75, 3.05) is 0 Å². The highest BCUT2D eigenvalue weighted by molar-refractivity contribution is 5.81. The molecule has 0 aliphatic rings.